The average molecular weight is 522 g/mol. The third-order valence-electron chi connectivity index (χ3n) is 8.45. The number of urea groups is 1. The predicted molar refractivity (Wildman–Crippen MR) is 147 cm³/mol. The minimum atomic E-state index is -0.988. The van der Waals surface area contributed by atoms with Crippen molar-refractivity contribution in [3.8, 4) is 5.75 Å². The second kappa shape index (κ2) is 11.0. The summed E-state index contributed by atoms with van der Waals surface area (Å²) in [7, 11) is 0. The van der Waals surface area contributed by atoms with E-state index in [-0.39, 0.29) is 24.1 Å². The highest BCUT2D eigenvalue weighted by molar-refractivity contribution is 6.17. The van der Waals surface area contributed by atoms with E-state index in [1.165, 1.54) is 23.5 Å². The minimum absolute atomic E-state index is 0.0564. The molecule has 0 unspecified atom stereocenters. The van der Waals surface area contributed by atoms with Crippen LogP contribution in [0, 0.1) is 11.7 Å². The Labute approximate surface area is 225 Å². The van der Waals surface area contributed by atoms with Crippen LogP contribution in [0.3, 0.4) is 0 Å². The van der Waals surface area contributed by atoms with Gasteiger partial charge in [0.05, 0.1) is 6.10 Å². The first kappa shape index (κ1) is 26.7. The Balaban J connectivity index is 1.39. The van der Waals surface area contributed by atoms with Crippen LogP contribution in [0.1, 0.15) is 71.3 Å². The first-order valence-corrected chi connectivity index (χ1v) is 14.2. The Kier molecular flexibility index (Phi) is 7.75. The Hall–Kier alpha value is -2.93. The number of halogens is 1. The zero-order chi connectivity index (χ0) is 26.9. The van der Waals surface area contributed by atoms with Gasteiger partial charge in [-0.05, 0) is 88.3 Å². The van der Waals surface area contributed by atoms with E-state index >= 15 is 0 Å². The molecule has 2 aliphatic heterocycles. The number of rotatable bonds is 7. The lowest BCUT2D eigenvalue weighted by Crippen LogP contribution is -2.59. The van der Waals surface area contributed by atoms with Crippen LogP contribution in [-0.2, 0) is 11.3 Å². The molecule has 3 amide bonds. The lowest BCUT2D eigenvalue weighted by molar-refractivity contribution is -0.133. The summed E-state index contributed by atoms with van der Waals surface area (Å²) in [5, 5.41) is 0. The minimum Gasteiger partial charge on any atom is -0.491 e. The third-order valence-corrected chi connectivity index (χ3v) is 8.45. The number of carbonyl (C=O) groups excluding carboxylic acids is 2. The van der Waals surface area contributed by atoms with E-state index in [9.17, 15) is 14.0 Å². The van der Waals surface area contributed by atoms with Gasteiger partial charge in [0.1, 0.15) is 17.1 Å². The van der Waals surface area contributed by atoms with Crippen LogP contribution in [0.5, 0.6) is 5.75 Å². The molecule has 1 aliphatic carbocycles. The zero-order valence-corrected chi connectivity index (χ0v) is 22.9. The molecule has 0 radical (unpaired) electrons. The molecule has 3 aliphatic rings. The van der Waals surface area contributed by atoms with Gasteiger partial charge in [0.2, 0.25) is 0 Å². The van der Waals surface area contributed by atoms with Gasteiger partial charge >= 0.3 is 6.03 Å². The van der Waals surface area contributed by atoms with Crippen molar-refractivity contribution in [2.75, 3.05) is 18.0 Å². The molecule has 38 heavy (non-hydrogen) atoms. The highest BCUT2D eigenvalue weighted by Crippen LogP contribution is 2.43. The van der Waals surface area contributed by atoms with Gasteiger partial charge < -0.3 is 4.74 Å². The van der Waals surface area contributed by atoms with Gasteiger partial charge in [-0.15, -0.1) is 0 Å². The molecule has 0 bridgehead atoms. The number of imide groups is 1. The third kappa shape index (κ3) is 5.31. The van der Waals surface area contributed by atoms with Crippen molar-refractivity contribution in [3.63, 3.8) is 0 Å². The topological polar surface area (TPSA) is 53.1 Å². The molecule has 5 rings (SSSR count). The number of likely N-dealkylation sites (tertiary alicyclic amines) is 1. The maximum absolute atomic E-state index is 14.3. The fourth-order valence-corrected chi connectivity index (χ4v) is 6.62. The Morgan fingerprint density at radius 2 is 1.82 bits per heavy atom. The van der Waals surface area contributed by atoms with Crippen molar-refractivity contribution < 1.29 is 18.7 Å². The summed E-state index contributed by atoms with van der Waals surface area (Å²) >= 11 is 0. The standard InChI is InChI=1S/C31H40FN3O3/c1-22(2)38-28-14-7-11-25(17-28)20-33-16-15-31(19-23(33)3)29(36)34(21-24-9-5-4-6-10-24)30(37)35(31)27-13-8-12-26(32)18-27/h7-8,11-14,17-18,22-24H,4-6,9-10,15-16,19-21H2,1-3H3/t23-,31+/m0/s1. The summed E-state index contributed by atoms with van der Waals surface area (Å²) in [4.78, 5) is 33.5. The van der Waals surface area contributed by atoms with Gasteiger partial charge in [-0.25, -0.2) is 9.18 Å². The van der Waals surface area contributed by atoms with Crippen molar-refractivity contribution >= 4 is 17.6 Å². The molecule has 1 saturated carbocycles. The molecule has 2 atom stereocenters. The van der Waals surface area contributed by atoms with Crippen molar-refractivity contribution in [2.45, 2.75) is 89.9 Å². The van der Waals surface area contributed by atoms with Gasteiger partial charge in [-0.3, -0.25) is 19.5 Å². The van der Waals surface area contributed by atoms with E-state index in [2.05, 4.69) is 24.0 Å². The Bertz CT molecular complexity index is 1160. The summed E-state index contributed by atoms with van der Waals surface area (Å²) in [6, 6.07) is 14.0. The van der Waals surface area contributed by atoms with Crippen molar-refractivity contribution in [1.29, 1.82) is 0 Å². The van der Waals surface area contributed by atoms with E-state index in [0.717, 1.165) is 43.5 Å². The molecular formula is C31H40FN3O3. The monoisotopic (exact) mass is 521 g/mol. The largest absolute Gasteiger partial charge is 0.491 e. The molecule has 0 N–H and O–H groups in total. The molecule has 0 aromatic heterocycles. The fourth-order valence-electron chi connectivity index (χ4n) is 6.62. The summed E-state index contributed by atoms with van der Waals surface area (Å²) in [5.74, 6) is 0.679. The quantitative estimate of drug-likeness (QED) is 0.397. The summed E-state index contributed by atoms with van der Waals surface area (Å²) in [6.45, 7) is 8.02. The van der Waals surface area contributed by atoms with Crippen molar-refractivity contribution in [3.05, 3.63) is 59.9 Å². The molecule has 204 valence electrons. The maximum Gasteiger partial charge on any atom is 0.332 e. The number of nitrogens with zero attached hydrogens (tertiary/aromatic N) is 3. The van der Waals surface area contributed by atoms with Gasteiger partial charge in [0.15, 0.2) is 0 Å². The Morgan fingerprint density at radius 3 is 2.53 bits per heavy atom. The van der Waals surface area contributed by atoms with Crippen molar-refractivity contribution in [1.82, 2.24) is 9.80 Å². The van der Waals surface area contributed by atoms with Crippen LogP contribution in [0.2, 0.25) is 0 Å². The van der Waals surface area contributed by atoms with Crippen LogP contribution < -0.4 is 9.64 Å². The molecule has 2 aromatic rings. The number of piperidine rings is 1. The zero-order valence-electron chi connectivity index (χ0n) is 22.9. The van der Waals surface area contributed by atoms with Crippen LogP contribution >= 0.6 is 0 Å². The molecule has 2 saturated heterocycles. The van der Waals surface area contributed by atoms with E-state index in [4.69, 9.17) is 4.74 Å². The first-order valence-electron chi connectivity index (χ1n) is 14.2. The second-order valence-corrected chi connectivity index (χ2v) is 11.6. The van der Waals surface area contributed by atoms with Crippen LogP contribution in [0.4, 0.5) is 14.9 Å². The number of hydrogen-bond acceptors (Lipinski definition) is 4. The molecule has 2 heterocycles. The molecular weight excluding hydrogens is 481 g/mol. The van der Waals surface area contributed by atoms with Crippen LogP contribution in [-0.4, -0.2) is 52.5 Å². The molecule has 1 spiro atoms. The highest BCUT2D eigenvalue weighted by Gasteiger charge is 2.60. The van der Waals surface area contributed by atoms with Crippen LogP contribution in [0.25, 0.3) is 0 Å². The van der Waals surface area contributed by atoms with Gasteiger partial charge in [-0.1, -0.05) is 37.5 Å². The normalized spacial score (nSPS) is 25.1. The number of hydrogen-bond donors (Lipinski definition) is 0. The molecule has 6 nitrogen and oxygen atoms in total. The number of anilines is 1. The highest BCUT2D eigenvalue weighted by atomic mass is 19.1. The van der Waals surface area contributed by atoms with E-state index in [1.807, 2.05) is 26.0 Å². The lowest BCUT2D eigenvalue weighted by atomic mass is 9.81. The second-order valence-electron chi connectivity index (χ2n) is 11.6. The van der Waals surface area contributed by atoms with Crippen molar-refractivity contribution in [2.24, 2.45) is 5.92 Å². The van der Waals surface area contributed by atoms with Gasteiger partial charge in [0, 0.05) is 31.4 Å². The molecule has 7 heteroatoms. The summed E-state index contributed by atoms with van der Waals surface area (Å²) in [6.07, 6.45) is 6.75. The molecule has 3 fully saturated rings. The summed E-state index contributed by atoms with van der Waals surface area (Å²) < 4.78 is 20.2. The number of amides is 3. The number of ether oxygens (including phenoxy) is 1. The fraction of sp³-hybridized carbons (Fsp3) is 0.548. The van der Waals surface area contributed by atoms with Crippen LogP contribution in [0.15, 0.2) is 48.5 Å². The van der Waals surface area contributed by atoms with Gasteiger partial charge in [0.25, 0.3) is 5.91 Å². The summed E-state index contributed by atoms with van der Waals surface area (Å²) in [5.41, 5.74) is 0.632. The maximum atomic E-state index is 14.3. The average Bonchev–Trinajstić information content (AvgIpc) is 3.07. The van der Waals surface area contributed by atoms with Gasteiger partial charge in [-0.2, -0.15) is 0 Å². The SMILES string of the molecule is CC(C)Oc1cccc(CN2CC[C@@]3(C[C@@H]2C)C(=O)N(CC2CCCCC2)C(=O)N3c2cccc(F)c2)c1. The Morgan fingerprint density at radius 1 is 1.05 bits per heavy atom. The lowest BCUT2D eigenvalue weighted by Gasteiger charge is -2.45. The van der Waals surface area contributed by atoms with E-state index < -0.39 is 11.4 Å². The smallest absolute Gasteiger partial charge is 0.332 e. The van der Waals surface area contributed by atoms with E-state index in [1.54, 1.807) is 17.0 Å². The number of benzene rings is 2. The van der Waals surface area contributed by atoms with E-state index in [0.29, 0.717) is 37.5 Å². The first-order chi connectivity index (χ1) is 18.3. The number of carbonyl (C=O) groups is 2. The molecule has 2 aromatic carbocycles. The predicted octanol–water partition coefficient (Wildman–Crippen LogP) is 6.39.